The minimum Gasteiger partial charge on any atom is -0.399 e. The Kier molecular flexibility index (Phi) is 3.55. The van der Waals surface area contributed by atoms with Crippen molar-refractivity contribution in [2.45, 2.75) is 32.4 Å². The second-order valence-electron chi connectivity index (χ2n) is 4.84. The van der Waals surface area contributed by atoms with Gasteiger partial charge < -0.3 is 5.73 Å². The molecule has 1 saturated carbocycles. The molecular formula is C13H19BrN2. The van der Waals surface area contributed by atoms with Crippen LogP contribution in [0.3, 0.4) is 0 Å². The lowest BCUT2D eigenvalue weighted by molar-refractivity contribution is 0.226. The molecule has 0 bridgehead atoms. The van der Waals surface area contributed by atoms with E-state index in [4.69, 9.17) is 5.73 Å². The number of hydrogen-bond acceptors (Lipinski definition) is 2. The fourth-order valence-electron chi connectivity index (χ4n) is 2.04. The number of benzene rings is 1. The summed E-state index contributed by atoms with van der Waals surface area (Å²) in [4.78, 5) is 2.42. The molecule has 16 heavy (non-hydrogen) atoms. The average molecular weight is 283 g/mol. The first kappa shape index (κ1) is 11.9. The topological polar surface area (TPSA) is 29.3 Å². The van der Waals surface area contributed by atoms with Gasteiger partial charge in [-0.1, -0.05) is 22.0 Å². The van der Waals surface area contributed by atoms with E-state index >= 15 is 0 Å². The predicted molar refractivity (Wildman–Crippen MR) is 72.2 cm³/mol. The maximum Gasteiger partial charge on any atom is 0.0325 e. The molecule has 2 rings (SSSR count). The van der Waals surface area contributed by atoms with Crippen LogP contribution >= 0.6 is 15.9 Å². The van der Waals surface area contributed by atoms with Gasteiger partial charge in [0.05, 0.1) is 0 Å². The van der Waals surface area contributed by atoms with Crippen LogP contribution in [0.25, 0.3) is 0 Å². The fourth-order valence-corrected chi connectivity index (χ4v) is 2.56. The van der Waals surface area contributed by atoms with Crippen LogP contribution in [0.4, 0.5) is 5.69 Å². The molecule has 1 aromatic carbocycles. The average Bonchev–Trinajstić information content (AvgIpc) is 3.04. The Bertz CT molecular complexity index is 374. The summed E-state index contributed by atoms with van der Waals surface area (Å²) in [6.45, 7) is 3.31. The van der Waals surface area contributed by atoms with Crippen molar-refractivity contribution in [2.75, 3.05) is 12.8 Å². The number of nitrogens with two attached hydrogens (primary N) is 1. The van der Waals surface area contributed by atoms with Crippen molar-refractivity contribution < 1.29 is 0 Å². The molecule has 1 fully saturated rings. The van der Waals surface area contributed by atoms with Crippen LogP contribution < -0.4 is 5.73 Å². The third kappa shape index (κ3) is 2.77. The number of anilines is 1. The SMILES string of the molecule is CC(C1CC1)N(C)Cc1ccc(N)cc1Br. The van der Waals surface area contributed by atoms with E-state index in [1.54, 1.807) is 0 Å². The van der Waals surface area contributed by atoms with Crippen LogP contribution in [-0.2, 0) is 6.54 Å². The maximum absolute atomic E-state index is 5.73. The number of nitrogen functional groups attached to an aromatic ring is 1. The minimum atomic E-state index is 0.685. The summed E-state index contributed by atoms with van der Waals surface area (Å²) in [6, 6.07) is 6.74. The largest absolute Gasteiger partial charge is 0.399 e. The zero-order chi connectivity index (χ0) is 11.7. The van der Waals surface area contributed by atoms with E-state index < -0.39 is 0 Å². The van der Waals surface area contributed by atoms with Crippen molar-refractivity contribution in [1.29, 1.82) is 0 Å². The van der Waals surface area contributed by atoms with Gasteiger partial charge in [0, 0.05) is 22.7 Å². The van der Waals surface area contributed by atoms with Crippen LogP contribution in [0.5, 0.6) is 0 Å². The number of hydrogen-bond donors (Lipinski definition) is 1. The van der Waals surface area contributed by atoms with E-state index in [9.17, 15) is 0 Å². The zero-order valence-electron chi connectivity index (χ0n) is 9.91. The van der Waals surface area contributed by atoms with Gasteiger partial charge in [-0.25, -0.2) is 0 Å². The highest BCUT2D eigenvalue weighted by atomic mass is 79.9. The van der Waals surface area contributed by atoms with Gasteiger partial charge in [0.1, 0.15) is 0 Å². The molecule has 0 aromatic heterocycles. The summed E-state index contributed by atoms with van der Waals surface area (Å²) < 4.78 is 1.11. The van der Waals surface area contributed by atoms with Crippen LogP contribution in [0, 0.1) is 5.92 Å². The van der Waals surface area contributed by atoms with Crippen molar-refractivity contribution in [3.63, 3.8) is 0 Å². The minimum absolute atomic E-state index is 0.685. The maximum atomic E-state index is 5.73. The highest BCUT2D eigenvalue weighted by molar-refractivity contribution is 9.10. The monoisotopic (exact) mass is 282 g/mol. The highest BCUT2D eigenvalue weighted by Gasteiger charge is 2.30. The molecule has 2 nitrogen and oxygen atoms in total. The van der Waals surface area contributed by atoms with Crippen LogP contribution in [0.2, 0.25) is 0 Å². The van der Waals surface area contributed by atoms with Gasteiger partial charge in [0.2, 0.25) is 0 Å². The van der Waals surface area contributed by atoms with Crippen molar-refractivity contribution in [3.8, 4) is 0 Å². The Hall–Kier alpha value is -0.540. The molecule has 0 amide bonds. The lowest BCUT2D eigenvalue weighted by Gasteiger charge is -2.25. The highest BCUT2D eigenvalue weighted by Crippen LogP contribution is 2.35. The Morgan fingerprint density at radius 2 is 2.19 bits per heavy atom. The molecule has 0 aliphatic heterocycles. The summed E-state index contributed by atoms with van der Waals surface area (Å²) in [7, 11) is 2.20. The molecule has 1 unspecified atom stereocenters. The summed E-state index contributed by atoms with van der Waals surface area (Å²) in [5, 5.41) is 0. The predicted octanol–water partition coefficient (Wildman–Crippen LogP) is 3.26. The van der Waals surface area contributed by atoms with Gasteiger partial charge >= 0.3 is 0 Å². The third-order valence-corrected chi connectivity index (χ3v) is 4.23. The first-order chi connectivity index (χ1) is 7.58. The molecule has 2 N–H and O–H groups in total. The molecule has 0 heterocycles. The summed E-state index contributed by atoms with van der Waals surface area (Å²) in [5.74, 6) is 0.914. The molecular weight excluding hydrogens is 264 g/mol. The van der Waals surface area contributed by atoms with Crippen molar-refractivity contribution in [3.05, 3.63) is 28.2 Å². The molecule has 3 heteroatoms. The Morgan fingerprint density at radius 3 is 2.75 bits per heavy atom. The molecule has 88 valence electrons. The summed E-state index contributed by atoms with van der Waals surface area (Å²) >= 11 is 3.57. The second kappa shape index (κ2) is 4.76. The Balaban J connectivity index is 2.02. The van der Waals surface area contributed by atoms with Gasteiger partial charge in [-0.05, 0) is 50.4 Å². The van der Waals surface area contributed by atoms with Gasteiger partial charge in [-0.2, -0.15) is 0 Å². The summed E-state index contributed by atoms with van der Waals surface area (Å²) in [6.07, 6.45) is 2.79. The molecule has 0 saturated heterocycles. The molecule has 0 spiro atoms. The Morgan fingerprint density at radius 1 is 1.50 bits per heavy atom. The molecule has 0 radical (unpaired) electrons. The van der Waals surface area contributed by atoms with E-state index in [0.29, 0.717) is 6.04 Å². The van der Waals surface area contributed by atoms with Crippen LogP contribution in [0.1, 0.15) is 25.3 Å². The number of nitrogens with zero attached hydrogens (tertiary/aromatic N) is 1. The number of rotatable bonds is 4. The first-order valence-corrected chi connectivity index (χ1v) is 6.61. The zero-order valence-corrected chi connectivity index (χ0v) is 11.5. The van der Waals surface area contributed by atoms with E-state index in [0.717, 1.165) is 22.6 Å². The molecule has 1 aromatic rings. The van der Waals surface area contributed by atoms with Crippen molar-refractivity contribution >= 4 is 21.6 Å². The van der Waals surface area contributed by atoms with Crippen LogP contribution in [0.15, 0.2) is 22.7 Å². The van der Waals surface area contributed by atoms with Gasteiger partial charge in [0.25, 0.3) is 0 Å². The number of halogens is 1. The normalized spacial score (nSPS) is 17.8. The van der Waals surface area contributed by atoms with Crippen molar-refractivity contribution in [1.82, 2.24) is 4.90 Å². The lowest BCUT2D eigenvalue weighted by Crippen LogP contribution is -2.30. The smallest absolute Gasteiger partial charge is 0.0325 e. The molecule has 1 aliphatic carbocycles. The fraction of sp³-hybridized carbons (Fsp3) is 0.538. The van der Waals surface area contributed by atoms with Gasteiger partial charge in [0.15, 0.2) is 0 Å². The summed E-state index contributed by atoms with van der Waals surface area (Å²) in [5.41, 5.74) is 7.86. The van der Waals surface area contributed by atoms with Crippen molar-refractivity contribution in [2.24, 2.45) is 5.92 Å². The lowest BCUT2D eigenvalue weighted by atomic mass is 10.1. The van der Waals surface area contributed by atoms with E-state index in [1.165, 1.54) is 18.4 Å². The van der Waals surface area contributed by atoms with E-state index in [-0.39, 0.29) is 0 Å². The molecule has 1 atom stereocenters. The van der Waals surface area contributed by atoms with Gasteiger partial charge in [-0.15, -0.1) is 0 Å². The second-order valence-corrected chi connectivity index (χ2v) is 5.70. The van der Waals surface area contributed by atoms with Gasteiger partial charge in [-0.3, -0.25) is 4.90 Å². The third-order valence-electron chi connectivity index (χ3n) is 3.50. The quantitative estimate of drug-likeness (QED) is 0.859. The van der Waals surface area contributed by atoms with Crippen LogP contribution in [-0.4, -0.2) is 18.0 Å². The van der Waals surface area contributed by atoms with E-state index in [1.807, 2.05) is 12.1 Å². The molecule has 1 aliphatic rings. The first-order valence-electron chi connectivity index (χ1n) is 5.82. The van der Waals surface area contributed by atoms with E-state index in [2.05, 4.69) is 40.9 Å². The standard InChI is InChI=1S/C13H19BrN2/c1-9(10-3-4-10)16(2)8-11-5-6-12(15)7-13(11)14/h5-7,9-10H,3-4,8,15H2,1-2H3. The Labute approximate surface area is 106 Å².